The van der Waals surface area contributed by atoms with Gasteiger partial charge in [0, 0.05) is 18.8 Å². The minimum atomic E-state index is -0.521. The van der Waals surface area contributed by atoms with Crippen LogP contribution in [0.25, 0.3) is 0 Å². The molecule has 8 heteroatoms. The second kappa shape index (κ2) is 6.09. The van der Waals surface area contributed by atoms with E-state index in [1.54, 1.807) is 0 Å². The summed E-state index contributed by atoms with van der Waals surface area (Å²) in [5, 5.41) is 17.8. The molecule has 2 aromatic rings. The first-order valence-electron chi connectivity index (χ1n) is 6.27. The zero-order chi connectivity index (χ0) is 14.5. The van der Waals surface area contributed by atoms with Crippen molar-refractivity contribution in [3.05, 3.63) is 40.0 Å². The molecule has 0 unspecified atom stereocenters. The molecule has 0 bridgehead atoms. The standard InChI is InChI=1S/C12H16N6O2/c1-9-6-10(2)17(16-9)5-3-4-13-12-14-7-11(8-15-12)18(19)20/h6-8H,3-5H2,1-2H3,(H,13,14,15). The van der Waals surface area contributed by atoms with Gasteiger partial charge in [0.15, 0.2) is 0 Å². The Morgan fingerprint density at radius 2 is 2.05 bits per heavy atom. The lowest BCUT2D eigenvalue weighted by molar-refractivity contribution is -0.385. The van der Waals surface area contributed by atoms with Gasteiger partial charge in [-0.2, -0.15) is 5.10 Å². The van der Waals surface area contributed by atoms with E-state index in [1.165, 1.54) is 12.4 Å². The zero-order valence-corrected chi connectivity index (χ0v) is 11.4. The van der Waals surface area contributed by atoms with Gasteiger partial charge < -0.3 is 5.32 Å². The first kappa shape index (κ1) is 13.9. The normalized spacial score (nSPS) is 10.5. The summed E-state index contributed by atoms with van der Waals surface area (Å²) in [4.78, 5) is 17.7. The molecule has 0 fully saturated rings. The van der Waals surface area contributed by atoms with Gasteiger partial charge in [-0.25, -0.2) is 9.97 Å². The summed E-state index contributed by atoms with van der Waals surface area (Å²) in [5.41, 5.74) is 2.03. The van der Waals surface area contributed by atoms with Crippen molar-refractivity contribution in [2.75, 3.05) is 11.9 Å². The molecule has 0 amide bonds. The molecular weight excluding hydrogens is 260 g/mol. The molecule has 0 aliphatic heterocycles. The molecule has 106 valence electrons. The van der Waals surface area contributed by atoms with Crippen LogP contribution in [0.5, 0.6) is 0 Å². The predicted octanol–water partition coefficient (Wildman–Crippen LogP) is 1.70. The van der Waals surface area contributed by atoms with Gasteiger partial charge in [0.1, 0.15) is 12.4 Å². The van der Waals surface area contributed by atoms with Crippen LogP contribution in [0.1, 0.15) is 17.8 Å². The fourth-order valence-electron chi connectivity index (χ4n) is 1.84. The summed E-state index contributed by atoms with van der Waals surface area (Å²) < 4.78 is 1.95. The number of nitro groups is 1. The first-order chi connectivity index (χ1) is 9.56. The summed E-state index contributed by atoms with van der Waals surface area (Å²) in [5.74, 6) is 0.393. The van der Waals surface area contributed by atoms with Crippen molar-refractivity contribution < 1.29 is 4.92 Å². The fraction of sp³-hybridized carbons (Fsp3) is 0.417. The van der Waals surface area contributed by atoms with Crippen LogP contribution >= 0.6 is 0 Å². The molecule has 20 heavy (non-hydrogen) atoms. The second-order valence-corrected chi connectivity index (χ2v) is 4.45. The number of hydrogen-bond acceptors (Lipinski definition) is 6. The number of rotatable bonds is 6. The van der Waals surface area contributed by atoms with Crippen LogP contribution in [0.3, 0.4) is 0 Å². The van der Waals surface area contributed by atoms with Crippen molar-refractivity contribution in [2.24, 2.45) is 0 Å². The zero-order valence-electron chi connectivity index (χ0n) is 11.4. The highest BCUT2D eigenvalue weighted by Crippen LogP contribution is 2.08. The minimum Gasteiger partial charge on any atom is -0.354 e. The van der Waals surface area contributed by atoms with Crippen molar-refractivity contribution in [1.29, 1.82) is 0 Å². The highest BCUT2D eigenvalue weighted by Gasteiger charge is 2.06. The predicted molar refractivity (Wildman–Crippen MR) is 73.5 cm³/mol. The number of aromatic nitrogens is 4. The molecule has 0 saturated carbocycles. The summed E-state index contributed by atoms with van der Waals surface area (Å²) in [6, 6.07) is 2.03. The summed E-state index contributed by atoms with van der Waals surface area (Å²) in [6.07, 6.45) is 3.25. The lowest BCUT2D eigenvalue weighted by atomic mass is 10.4. The summed E-state index contributed by atoms with van der Waals surface area (Å²) in [7, 11) is 0. The average Bonchev–Trinajstić information content (AvgIpc) is 2.73. The SMILES string of the molecule is Cc1cc(C)n(CCCNc2ncc([N+](=O)[O-])cn2)n1. The van der Waals surface area contributed by atoms with Crippen LogP contribution < -0.4 is 5.32 Å². The lowest BCUT2D eigenvalue weighted by Crippen LogP contribution is -2.10. The molecular formula is C12H16N6O2. The molecule has 2 rings (SSSR count). The quantitative estimate of drug-likeness (QED) is 0.490. The molecule has 0 atom stereocenters. The van der Waals surface area contributed by atoms with E-state index >= 15 is 0 Å². The maximum Gasteiger partial charge on any atom is 0.305 e. The smallest absolute Gasteiger partial charge is 0.305 e. The largest absolute Gasteiger partial charge is 0.354 e. The third-order valence-corrected chi connectivity index (χ3v) is 2.78. The Hall–Kier alpha value is -2.51. The Balaban J connectivity index is 1.78. The molecule has 0 saturated heterocycles. The molecule has 0 radical (unpaired) electrons. The topological polar surface area (TPSA) is 98.8 Å². The van der Waals surface area contributed by atoms with E-state index in [0.717, 1.165) is 24.4 Å². The summed E-state index contributed by atoms with van der Waals surface area (Å²) in [6.45, 7) is 5.47. The van der Waals surface area contributed by atoms with Gasteiger partial charge in [0.25, 0.3) is 0 Å². The van der Waals surface area contributed by atoms with E-state index < -0.39 is 4.92 Å². The molecule has 0 aromatic carbocycles. The molecule has 2 aromatic heterocycles. The number of hydrogen-bond donors (Lipinski definition) is 1. The van der Waals surface area contributed by atoms with Crippen LogP contribution in [0.4, 0.5) is 11.6 Å². The monoisotopic (exact) mass is 276 g/mol. The van der Waals surface area contributed by atoms with Gasteiger partial charge in [0.05, 0.1) is 10.6 Å². The van der Waals surface area contributed by atoms with Crippen LogP contribution in [-0.2, 0) is 6.54 Å². The van der Waals surface area contributed by atoms with E-state index in [1.807, 2.05) is 24.6 Å². The fourth-order valence-corrected chi connectivity index (χ4v) is 1.84. The Morgan fingerprint density at radius 3 is 2.60 bits per heavy atom. The molecule has 1 N–H and O–H groups in total. The Bertz CT molecular complexity index is 592. The van der Waals surface area contributed by atoms with Crippen LogP contribution in [0.2, 0.25) is 0 Å². The van der Waals surface area contributed by atoms with E-state index in [2.05, 4.69) is 20.4 Å². The number of nitrogens with one attached hydrogen (secondary N) is 1. The molecule has 0 aliphatic carbocycles. The lowest BCUT2D eigenvalue weighted by Gasteiger charge is -2.06. The van der Waals surface area contributed by atoms with Crippen molar-refractivity contribution in [3.8, 4) is 0 Å². The third kappa shape index (κ3) is 3.50. The van der Waals surface area contributed by atoms with Crippen LogP contribution in [-0.4, -0.2) is 31.2 Å². The van der Waals surface area contributed by atoms with Crippen molar-refractivity contribution in [2.45, 2.75) is 26.8 Å². The van der Waals surface area contributed by atoms with Gasteiger partial charge in [-0.05, 0) is 26.3 Å². The molecule has 0 spiro atoms. The number of nitrogens with zero attached hydrogens (tertiary/aromatic N) is 5. The molecule has 0 aliphatic rings. The minimum absolute atomic E-state index is 0.113. The van der Waals surface area contributed by atoms with Gasteiger partial charge in [-0.15, -0.1) is 0 Å². The molecule has 8 nitrogen and oxygen atoms in total. The number of aryl methyl sites for hydroxylation is 3. The van der Waals surface area contributed by atoms with E-state index in [-0.39, 0.29) is 5.69 Å². The van der Waals surface area contributed by atoms with Crippen LogP contribution in [0, 0.1) is 24.0 Å². The second-order valence-electron chi connectivity index (χ2n) is 4.45. The Labute approximate surface area is 116 Å². The highest BCUT2D eigenvalue weighted by molar-refractivity contribution is 5.30. The van der Waals surface area contributed by atoms with Gasteiger partial charge in [-0.3, -0.25) is 14.8 Å². The van der Waals surface area contributed by atoms with Crippen molar-refractivity contribution in [1.82, 2.24) is 19.7 Å². The van der Waals surface area contributed by atoms with Crippen molar-refractivity contribution in [3.63, 3.8) is 0 Å². The van der Waals surface area contributed by atoms with E-state index in [9.17, 15) is 10.1 Å². The van der Waals surface area contributed by atoms with E-state index in [0.29, 0.717) is 12.5 Å². The van der Waals surface area contributed by atoms with Gasteiger partial charge in [0.2, 0.25) is 5.95 Å². The Kier molecular flexibility index (Phi) is 4.24. The van der Waals surface area contributed by atoms with Gasteiger partial charge >= 0.3 is 5.69 Å². The van der Waals surface area contributed by atoms with E-state index in [4.69, 9.17) is 0 Å². The first-order valence-corrected chi connectivity index (χ1v) is 6.27. The maximum absolute atomic E-state index is 10.5. The maximum atomic E-state index is 10.5. The average molecular weight is 276 g/mol. The summed E-state index contributed by atoms with van der Waals surface area (Å²) >= 11 is 0. The third-order valence-electron chi connectivity index (χ3n) is 2.78. The molecule has 2 heterocycles. The Morgan fingerprint density at radius 1 is 1.35 bits per heavy atom. The number of anilines is 1. The highest BCUT2D eigenvalue weighted by atomic mass is 16.6. The van der Waals surface area contributed by atoms with Crippen LogP contribution in [0.15, 0.2) is 18.5 Å². The van der Waals surface area contributed by atoms with Gasteiger partial charge in [-0.1, -0.05) is 0 Å². The van der Waals surface area contributed by atoms with Crippen molar-refractivity contribution >= 4 is 11.6 Å².